The maximum atomic E-state index is 13.9. The van der Waals surface area contributed by atoms with Gasteiger partial charge in [0.15, 0.2) is 5.02 Å². The lowest BCUT2D eigenvalue weighted by molar-refractivity contribution is 0.285. The zero-order valence-corrected chi connectivity index (χ0v) is 20.5. The molecule has 0 saturated heterocycles. The van der Waals surface area contributed by atoms with Gasteiger partial charge in [0.05, 0.1) is 16.4 Å². The molecule has 0 unspecified atom stereocenters. The number of rotatable bonds is 6. The summed E-state index contributed by atoms with van der Waals surface area (Å²) in [4.78, 5) is 26.3. The van der Waals surface area contributed by atoms with Crippen LogP contribution in [0.15, 0.2) is 53.5 Å². The molecule has 0 radical (unpaired) electrons. The predicted molar refractivity (Wildman–Crippen MR) is 130 cm³/mol. The van der Waals surface area contributed by atoms with E-state index in [2.05, 4.69) is 15.0 Å². The Kier molecular flexibility index (Phi) is 7.14. The summed E-state index contributed by atoms with van der Waals surface area (Å²) in [6.07, 6.45) is 1.68. The Hall–Kier alpha value is -3.36. The molecule has 0 spiro atoms. The first kappa shape index (κ1) is 24.8. The molecule has 0 saturated carbocycles. The second-order valence-electron chi connectivity index (χ2n) is 8.06. The molecular formula is C25H20Cl2F2N4O2. The molecule has 0 aliphatic heterocycles. The maximum absolute atomic E-state index is 13.9. The third-order valence-corrected chi connectivity index (χ3v) is 5.86. The molecule has 4 aromatic rings. The van der Waals surface area contributed by atoms with Crippen molar-refractivity contribution in [2.24, 2.45) is 0 Å². The molecule has 0 amide bonds. The van der Waals surface area contributed by atoms with Crippen LogP contribution >= 0.6 is 23.2 Å². The first-order chi connectivity index (χ1) is 16.7. The number of aryl methyl sites for hydroxylation is 1. The lowest BCUT2D eigenvalue weighted by atomic mass is 10.1. The Morgan fingerprint density at radius 3 is 2.54 bits per heavy atom. The van der Waals surface area contributed by atoms with Gasteiger partial charge in [-0.05, 0) is 37.3 Å². The lowest BCUT2D eigenvalue weighted by Crippen LogP contribution is -2.24. The summed E-state index contributed by atoms with van der Waals surface area (Å²) in [6.45, 7) is 5.30. The average Bonchev–Trinajstić information content (AvgIpc) is 2.82. The highest BCUT2D eigenvalue weighted by Crippen LogP contribution is 2.29. The van der Waals surface area contributed by atoms with Crippen LogP contribution in [0.5, 0.6) is 5.88 Å². The number of halogens is 4. The van der Waals surface area contributed by atoms with E-state index in [1.54, 1.807) is 37.4 Å². The second kappa shape index (κ2) is 10.1. The fraction of sp³-hybridized carbons (Fsp3) is 0.200. The van der Waals surface area contributed by atoms with Crippen molar-refractivity contribution < 1.29 is 13.5 Å². The quantitative estimate of drug-likeness (QED) is 0.301. The van der Waals surface area contributed by atoms with E-state index in [1.807, 2.05) is 13.8 Å². The fourth-order valence-corrected chi connectivity index (χ4v) is 3.79. The average molecular weight is 517 g/mol. The Morgan fingerprint density at radius 1 is 1.06 bits per heavy atom. The largest absolute Gasteiger partial charge is 0.471 e. The summed E-state index contributed by atoms with van der Waals surface area (Å²) in [5, 5.41) is 0.000673. The summed E-state index contributed by atoms with van der Waals surface area (Å²) in [6, 6.07) is 10.0. The molecule has 6 nitrogen and oxygen atoms in total. The molecule has 0 aliphatic rings. The highest BCUT2D eigenvalue weighted by molar-refractivity contribution is 6.33. The van der Waals surface area contributed by atoms with E-state index < -0.39 is 17.2 Å². The molecule has 0 atom stereocenters. The molecule has 4 rings (SSSR count). The Balaban J connectivity index is 1.71. The number of aromatic nitrogens is 4. The van der Waals surface area contributed by atoms with Crippen molar-refractivity contribution >= 4 is 23.2 Å². The predicted octanol–water partition coefficient (Wildman–Crippen LogP) is 6.29. The fourth-order valence-electron chi connectivity index (χ4n) is 3.40. The van der Waals surface area contributed by atoms with Crippen molar-refractivity contribution in [2.75, 3.05) is 0 Å². The van der Waals surface area contributed by atoms with Crippen LogP contribution in [0.25, 0.3) is 16.9 Å². The first-order valence-electron chi connectivity index (χ1n) is 10.6. The summed E-state index contributed by atoms with van der Waals surface area (Å²) in [7, 11) is 0. The highest BCUT2D eigenvalue weighted by atomic mass is 35.5. The van der Waals surface area contributed by atoms with Crippen LogP contribution in [0.1, 0.15) is 37.0 Å². The van der Waals surface area contributed by atoms with Gasteiger partial charge in [-0.2, -0.15) is 4.98 Å². The van der Waals surface area contributed by atoms with Gasteiger partial charge in [0.2, 0.25) is 5.88 Å². The molecule has 2 heterocycles. The number of ether oxygens (including phenoxy) is 1. The minimum atomic E-state index is -0.778. The van der Waals surface area contributed by atoms with Gasteiger partial charge < -0.3 is 4.74 Å². The minimum absolute atomic E-state index is 0.0902. The zero-order valence-electron chi connectivity index (χ0n) is 19.0. The van der Waals surface area contributed by atoms with Gasteiger partial charge in [0, 0.05) is 29.3 Å². The SMILES string of the molecule is Cc1nc(OCc2ccc(F)cc2F)c(Cl)c(=O)n1-c1cc(-c2ccnc(C(C)C)n2)ccc1Cl. The van der Waals surface area contributed by atoms with Crippen molar-refractivity contribution in [2.45, 2.75) is 33.3 Å². The Morgan fingerprint density at radius 2 is 1.83 bits per heavy atom. The van der Waals surface area contributed by atoms with E-state index in [4.69, 9.17) is 27.9 Å². The lowest BCUT2D eigenvalue weighted by Gasteiger charge is -2.15. The van der Waals surface area contributed by atoms with Gasteiger partial charge in [0.1, 0.15) is 29.9 Å². The molecule has 180 valence electrons. The van der Waals surface area contributed by atoms with Crippen LogP contribution in [-0.4, -0.2) is 19.5 Å². The van der Waals surface area contributed by atoms with Crippen LogP contribution in [0, 0.1) is 18.6 Å². The Labute approximate surface area is 210 Å². The van der Waals surface area contributed by atoms with Crippen molar-refractivity contribution in [3.8, 4) is 22.8 Å². The monoisotopic (exact) mass is 516 g/mol. The number of hydrogen-bond donors (Lipinski definition) is 0. The normalized spacial score (nSPS) is 11.2. The molecule has 0 N–H and O–H groups in total. The summed E-state index contributed by atoms with van der Waals surface area (Å²) >= 11 is 12.7. The van der Waals surface area contributed by atoms with Crippen molar-refractivity contribution in [3.63, 3.8) is 0 Å². The summed E-state index contributed by atoms with van der Waals surface area (Å²) in [5.41, 5.74) is 1.24. The standard InChI is InChI=1S/C25H20Cl2F2N4O2/c1-13(2)23-30-9-8-20(32-23)15-5-7-18(26)21(10-15)33-14(3)31-24(22(27)25(33)34)35-12-16-4-6-17(28)11-19(16)29/h4-11,13H,12H2,1-3H3. The number of nitrogens with zero attached hydrogens (tertiary/aromatic N) is 4. The van der Waals surface area contributed by atoms with E-state index in [-0.39, 0.29) is 34.8 Å². The molecule has 0 bridgehead atoms. The van der Waals surface area contributed by atoms with Gasteiger partial charge in [0.25, 0.3) is 5.56 Å². The molecule has 2 aromatic heterocycles. The van der Waals surface area contributed by atoms with Gasteiger partial charge >= 0.3 is 0 Å². The molecule has 2 aromatic carbocycles. The number of hydrogen-bond acceptors (Lipinski definition) is 5. The molecule has 35 heavy (non-hydrogen) atoms. The van der Waals surface area contributed by atoms with Crippen LogP contribution in [-0.2, 0) is 6.61 Å². The van der Waals surface area contributed by atoms with E-state index in [9.17, 15) is 13.6 Å². The van der Waals surface area contributed by atoms with Crippen LogP contribution in [0.2, 0.25) is 10.0 Å². The van der Waals surface area contributed by atoms with Crippen LogP contribution < -0.4 is 10.3 Å². The van der Waals surface area contributed by atoms with Crippen molar-refractivity contribution in [1.82, 2.24) is 19.5 Å². The van der Waals surface area contributed by atoms with Gasteiger partial charge in [-0.1, -0.05) is 43.1 Å². The van der Waals surface area contributed by atoms with Crippen LogP contribution in [0.3, 0.4) is 0 Å². The van der Waals surface area contributed by atoms with E-state index in [0.29, 0.717) is 22.2 Å². The molecule has 0 fully saturated rings. The van der Waals surface area contributed by atoms with Gasteiger partial charge in [-0.3, -0.25) is 9.36 Å². The van der Waals surface area contributed by atoms with E-state index >= 15 is 0 Å². The second-order valence-corrected chi connectivity index (χ2v) is 8.85. The van der Waals surface area contributed by atoms with Gasteiger partial charge in [-0.25, -0.2) is 18.7 Å². The minimum Gasteiger partial charge on any atom is -0.471 e. The zero-order chi connectivity index (χ0) is 25.3. The number of benzene rings is 2. The third-order valence-electron chi connectivity index (χ3n) is 5.22. The molecule has 10 heteroatoms. The smallest absolute Gasteiger partial charge is 0.280 e. The van der Waals surface area contributed by atoms with Gasteiger partial charge in [-0.15, -0.1) is 0 Å². The van der Waals surface area contributed by atoms with Crippen LogP contribution in [0.4, 0.5) is 8.78 Å². The molecular weight excluding hydrogens is 497 g/mol. The molecule has 0 aliphatic carbocycles. The Bertz CT molecular complexity index is 1470. The van der Waals surface area contributed by atoms with Crippen molar-refractivity contribution in [3.05, 3.63) is 97.9 Å². The van der Waals surface area contributed by atoms with Crippen molar-refractivity contribution in [1.29, 1.82) is 0 Å². The third kappa shape index (κ3) is 5.18. The summed E-state index contributed by atoms with van der Waals surface area (Å²) < 4.78 is 33.8. The van der Waals surface area contributed by atoms with E-state index in [1.165, 1.54) is 10.6 Å². The summed E-state index contributed by atoms with van der Waals surface area (Å²) in [5.74, 6) is -0.568. The highest BCUT2D eigenvalue weighted by Gasteiger charge is 2.19. The van der Waals surface area contributed by atoms with E-state index in [0.717, 1.165) is 17.7 Å². The topological polar surface area (TPSA) is 69.9 Å². The first-order valence-corrected chi connectivity index (χ1v) is 11.4. The maximum Gasteiger partial charge on any atom is 0.280 e.